The van der Waals surface area contributed by atoms with Crippen LogP contribution in [-0.4, -0.2) is 36.3 Å². The first-order valence-electron chi connectivity index (χ1n) is 9.57. The summed E-state index contributed by atoms with van der Waals surface area (Å²) in [6.07, 6.45) is 1.86. The number of unbranched alkanes of at least 4 members (excludes halogenated alkanes) is 1. The highest BCUT2D eigenvalue weighted by Gasteiger charge is 2.40. The lowest BCUT2D eigenvalue weighted by molar-refractivity contribution is -0.124. The lowest BCUT2D eigenvalue weighted by Gasteiger charge is -2.18. The van der Waals surface area contributed by atoms with Gasteiger partial charge in [-0.15, -0.1) is 0 Å². The maximum atomic E-state index is 13.3. The maximum Gasteiger partial charge on any atom is 0.253 e. The highest BCUT2D eigenvalue weighted by atomic mass is 19.1. The van der Waals surface area contributed by atoms with Gasteiger partial charge >= 0.3 is 0 Å². The summed E-state index contributed by atoms with van der Waals surface area (Å²) in [5, 5.41) is 2.94. The van der Waals surface area contributed by atoms with Gasteiger partial charge < -0.3 is 10.2 Å². The molecule has 1 aliphatic rings. The van der Waals surface area contributed by atoms with Crippen molar-refractivity contribution in [3.05, 3.63) is 71.3 Å². The average molecular weight is 386 g/mol. The molecule has 1 fully saturated rings. The standard InChI is InChI=1S/C22H24F2N2O2/c1-2-3-12-25-21(27)20-14-26(22(28)16-6-10-18(24)11-7-16)13-19(20)15-4-8-17(23)9-5-15/h4-11,19-20H,2-3,12-14H2,1H3,(H,25,27). The molecular weight excluding hydrogens is 362 g/mol. The summed E-state index contributed by atoms with van der Waals surface area (Å²) in [7, 11) is 0. The Labute approximate surface area is 163 Å². The van der Waals surface area contributed by atoms with Gasteiger partial charge in [0.1, 0.15) is 11.6 Å². The van der Waals surface area contributed by atoms with Gasteiger partial charge in [-0.25, -0.2) is 8.78 Å². The summed E-state index contributed by atoms with van der Waals surface area (Å²) in [6.45, 7) is 3.27. The zero-order chi connectivity index (χ0) is 20.1. The molecule has 1 N–H and O–H groups in total. The van der Waals surface area contributed by atoms with Crippen molar-refractivity contribution in [1.29, 1.82) is 0 Å². The van der Waals surface area contributed by atoms with Gasteiger partial charge in [-0.2, -0.15) is 0 Å². The van der Waals surface area contributed by atoms with Crippen molar-refractivity contribution in [2.75, 3.05) is 19.6 Å². The first-order valence-corrected chi connectivity index (χ1v) is 9.57. The monoisotopic (exact) mass is 386 g/mol. The van der Waals surface area contributed by atoms with Gasteiger partial charge in [0.05, 0.1) is 5.92 Å². The van der Waals surface area contributed by atoms with Gasteiger partial charge in [0.15, 0.2) is 0 Å². The van der Waals surface area contributed by atoms with Crippen LogP contribution in [0.15, 0.2) is 48.5 Å². The molecule has 2 amide bonds. The first kappa shape index (κ1) is 20.0. The van der Waals surface area contributed by atoms with E-state index in [0.717, 1.165) is 18.4 Å². The van der Waals surface area contributed by atoms with Crippen LogP contribution in [0.3, 0.4) is 0 Å². The van der Waals surface area contributed by atoms with Crippen molar-refractivity contribution < 1.29 is 18.4 Å². The molecule has 2 aromatic carbocycles. The van der Waals surface area contributed by atoms with E-state index in [2.05, 4.69) is 5.32 Å². The number of benzene rings is 2. The SMILES string of the molecule is CCCCNC(=O)C1CN(C(=O)c2ccc(F)cc2)CC1c1ccc(F)cc1. The van der Waals surface area contributed by atoms with Gasteiger partial charge in [0, 0.05) is 31.1 Å². The molecule has 4 nitrogen and oxygen atoms in total. The molecule has 148 valence electrons. The fraction of sp³-hybridized carbons (Fsp3) is 0.364. The number of likely N-dealkylation sites (tertiary alicyclic amines) is 1. The molecule has 1 heterocycles. The fourth-order valence-electron chi connectivity index (χ4n) is 3.58. The van der Waals surface area contributed by atoms with Crippen LogP contribution in [0, 0.1) is 17.6 Å². The van der Waals surface area contributed by atoms with Crippen LogP contribution in [0.2, 0.25) is 0 Å². The molecule has 0 bridgehead atoms. The van der Waals surface area contributed by atoms with Crippen molar-refractivity contribution in [2.24, 2.45) is 5.92 Å². The number of hydrogen-bond donors (Lipinski definition) is 1. The highest BCUT2D eigenvalue weighted by Crippen LogP contribution is 2.34. The molecule has 1 aliphatic heterocycles. The predicted octanol–water partition coefficient (Wildman–Crippen LogP) is 3.74. The van der Waals surface area contributed by atoms with Crippen molar-refractivity contribution in [1.82, 2.24) is 10.2 Å². The van der Waals surface area contributed by atoms with Crippen molar-refractivity contribution >= 4 is 11.8 Å². The van der Waals surface area contributed by atoms with Crippen LogP contribution in [0.4, 0.5) is 8.78 Å². The summed E-state index contributed by atoms with van der Waals surface area (Å²) in [6, 6.07) is 11.4. The second-order valence-electron chi connectivity index (χ2n) is 7.13. The number of nitrogens with zero attached hydrogens (tertiary/aromatic N) is 1. The van der Waals surface area contributed by atoms with E-state index < -0.39 is 11.7 Å². The molecule has 28 heavy (non-hydrogen) atoms. The van der Waals surface area contributed by atoms with E-state index in [4.69, 9.17) is 0 Å². The minimum Gasteiger partial charge on any atom is -0.356 e. The molecule has 0 aromatic heterocycles. The molecule has 1 saturated heterocycles. The van der Waals surface area contributed by atoms with E-state index in [1.807, 2.05) is 6.92 Å². The van der Waals surface area contributed by atoms with Crippen molar-refractivity contribution in [2.45, 2.75) is 25.7 Å². The molecule has 6 heteroatoms. The minimum absolute atomic E-state index is 0.0998. The van der Waals surface area contributed by atoms with Gasteiger partial charge in [0.25, 0.3) is 5.91 Å². The molecule has 2 aromatic rings. The molecule has 3 rings (SSSR count). The first-order chi connectivity index (χ1) is 13.5. The van der Waals surface area contributed by atoms with E-state index in [-0.39, 0.29) is 30.1 Å². The Hall–Kier alpha value is -2.76. The molecule has 0 aliphatic carbocycles. The van der Waals surface area contributed by atoms with Crippen LogP contribution in [0.25, 0.3) is 0 Å². The number of amides is 2. The van der Waals surface area contributed by atoms with Crippen LogP contribution >= 0.6 is 0 Å². The zero-order valence-electron chi connectivity index (χ0n) is 15.8. The number of nitrogens with one attached hydrogen (secondary N) is 1. The lowest BCUT2D eigenvalue weighted by atomic mass is 9.88. The van der Waals surface area contributed by atoms with E-state index >= 15 is 0 Å². The summed E-state index contributed by atoms with van der Waals surface area (Å²) in [5.41, 5.74) is 1.21. The lowest BCUT2D eigenvalue weighted by Crippen LogP contribution is -2.36. The predicted molar refractivity (Wildman–Crippen MR) is 103 cm³/mol. The third kappa shape index (κ3) is 4.55. The zero-order valence-corrected chi connectivity index (χ0v) is 15.8. The van der Waals surface area contributed by atoms with E-state index in [1.165, 1.54) is 36.4 Å². The van der Waals surface area contributed by atoms with Crippen LogP contribution < -0.4 is 5.32 Å². The Morgan fingerprint density at radius 1 is 1.00 bits per heavy atom. The maximum absolute atomic E-state index is 13.3. The van der Waals surface area contributed by atoms with Gasteiger partial charge in [-0.3, -0.25) is 9.59 Å². The Kier molecular flexibility index (Phi) is 6.39. The van der Waals surface area contributed by atoms with Crippen molar-refractivity contribution in [3.8, 4) is 0 Å². The second-order valence-corrected chi connectivity index (χ2v) is 7.13. The van der Waals surface area contributed by atoms with Gasteiger partial charge in [0.2, 0.25) is 5.91 Å². The van der Waals surface area contributed by atoms with E-state index in [0.29, 0.717) is 18.7 Å². The molecule has 0 saturated carbocycles. The highest BCUT2D eigenvalue weighted by molar-refractivity contribution is 5.95. The normalized spacial score (nSPS) is 18.9. The van der Waals surface area contributed by atoms with Crippen LogP contribution in [0.1, 0.15) is 41.6 Å². The number of rotatable bonds is 6. The van der Waals surface area contributed by atoms with Gasteiger partial charge in [-0.1, -0.05) is 25.5 Å². The van der Waals surface area contributed by atoms with E-state index in [9.17, 15) is 18.4 Å². The molecule has 2 atom stereocenters. The van der Waals surface area contributed by atoms with Gasteiger partial charge in [-0.05, 0) is 48.4 Å². The Balaban J connectivity index is 1.81. The number of halogens is 2. The number of carbonyl (C=O) groups is 2. The third-order valence-electron chi connectivity index (χ3n) is 5.16. The summed E-state index contributed by atoms with van der Waals surface area (Å²) in [5.74, 6) is -1.72. The van der Waals surface area contributed by atoms with Crippen LogP contribution in [0.5, 0.6) is 0 Å². The topological polar surface area (TPSA) is 49.4 Å². The number of hydrogen-bond acceptors (Lipinski definition) is 2. The second kappa shape index (κ2) is 8.95. The number of carbonyl (C=O) groups excluding carboxylic acids is 2. The summed E-state index contributed by atoms with van der Waals surface area (Å²) >= 11 is 0. The molecular formula is C22H24F2N2O2. The largest absolute Gasteiger partial charge is 0.356 e. The minimum atomic E-state index is -0.410. The van der Waals surface area contributed by atoms with E-state index in [1.54, 1.807) is 17.0 Å². The fourth-order valence-corrected chi connectivity index (χ4v) is 3.58. The van der Waals surface area contributed by atoms with Crippen molar-refractivity contribution in [3.63, 3.8) is 0 Å². The third-order valence-corrected chi connectivity index (χ3v) is 5.16. The Morgan fingerprint density at radius 2 is 1.61 bits per heavy atom. The summed E-state index contributed by atoms with van der Waals surface area (Å²) in [4.78, 5) is 27.2. The molecule has 0 spiro atoms. The Morgan fingerprint density at radius 3 is 2.21 bits per heavy atom. The quantitative estimate of drug-likeness (QED) is 0.769. The Bertz CT molecular complexity index is 821. The average Bonchev–Trinajstić information content (AvgIpc) is 3.14. The smallest absolute Gasteiger partial charge is 0.253 e. The summed E-state index contributed by atoms with van der Waals surface area (Å²) < 4.78 is 26.5. The molecule has 0 radical (unpaired) electrons. The molecule has 2 unspecified atom stereocenters. The van der Waals surface area contributed by atoms with Crippen LogP contribution in [-0.2, 0) is 4.79 Å².